The van der Waals surface area contributed by atoms with Crippen LogP contribution >= 0.6 is 15.9 Å². The van der Waals surface area contributed by atoms with E-state index in [1.807, 2.05) is 30.0 Å². The summed E-state index contributed by atoms with van der Waals surface area (Å²) in [4.78, 5) is 23.0. The normalized spacial score (nSPS) is 15.0. The molecule has 0 bridgehead atoms. The lowest BCUT2D eigenvalue weighted by atomic mass is 10.2. The molecule has 2 heterocycles. The maximum Gasteiger partial charge on any atom is 0.274 e. The molecule has 1 saturated heterocycles. The van der Waals surface area contributed by atoms with E-state index in [0.29, 0.717) is 11.5 Å². The average Bonchev–Trinajstić information content (AvgIpc) is 2.88. The maximum atomic E-state index is 12.5. The summed E-state index contributed by atoms with van der Waals surface area (Å²) in [6.45, 7) is 3.67. The van der Waals surface area contributed by atoms with Gasteiger partial charge in [0.05, 0.1) is 12.4 Å². The van der Waals surface area contributed by atoms with Gasteiger partial charge in [0.1, 0.15) is 11.5 Å². The van der Waals surface area contributed by atoms with Gasteiger partial charge < -0.3 is 10.2 Å². The molecule has 0 unspecified atom stereocenters. The molecule has 0 atom stereocenters. The van der Waals surface area contributed by atoms with Crippen molar-refractivity contribution >= 4 is 33.3 Å². The van der Waals surface area contributed by atoms with Crippen molar-refractivity contribution in [3.63, 3.8) is 0 Å². The number of halogens is 1. The van der Waals surface area contributed by atoms with Gasteiger partial charge in [0, 0.05) is 23.2 Å². The van der Waals surface area contributed by atoms with E-state index >= 15 is 0 Å². The van der Waals surface area contributed by atoms with E-state index in [1.54, 1.807) is 12.4 Å². The van der Waals surface area contributed by atoms with Crippen LogP contribution in [-0.2, 0) is 0 Å². The Labute approximate surface area is 150 Å². The number of aryl methyl sites for hydroxylation is 1. The predicted octanol–water partition coefficient (Wildman–Crippen LogP) is 4.31. The number of likely N-dealkylation sites (tertiary alicyclic amines) is 1. The summed E-state index contributed by atoms with van der Waals surface area (Å²) >= 11 is 3.49. The second-order valence-corrected chi connectivity index (χ2v) is 6.94. The number of carbonyl (C=O) groups excluding carboxylic acids is 1. The molecule has 6 heteroatoms. The van der Waals surface area contributed by atoms with Gasteiger partial charge in [0.25, 0.3) is 5.91 Å². The Kier molecular flexibility index (Phi) is 5.45. The van der Waals surface area contributed by atoms with Crippen molar-refractivity contribution < 1.29 is 4.79 Å². The minimum atomic E-state index is -0.0181. The molecule has 1 aromatic carbocycles. The molecule has 0 spiro atoms. The molecule has 0 radical (unpaired) electrons. The highest BCUT2D eigenvalue weighted by Crippen LogP contribution is 2.22. The van der Waals surface area contributed by atoms with Crippen molar-refractivity contribution in [2.45, 2.75) is 32.6 Å². The second kappa shape index (κ2) is 7.75. The first kappa shape index (κ1) is 16.9. The van der Waals surface area contributed by atoms with Gasteiger partial charge in [0.15, 0.2) is 0 Å². The van der Waals surface area contributed by atoms with Crippen LogP contribution in [-0.4, -0.2) is 33.9 Å². The first-order valence-corrected chi connectivity index (χ1v) is 9.07. The number of rotatable bonds is 3. The van der Waals surface area contributed by atoms with Gasteiger partial charge in [-0.15, -0.1) is 0 Å². The number of carbonyl (C=O) groups is 1. The van der Waals surface area contributed by atoms with Gasteiger partial charge in [0.2, 0.25) is 0 Å². The Bertz CT molecular complexity index is 709. The molecule has 126 valence electrons. The number of nitrogens with one attached hydrogen (secondary N) is 1. The van der Waals surface area contributed by atoms with Crippen LogP contribution in [0.15, 0.2) is 35.1 Å². The first-order chi connectivity index (χ1) is 11.6. The third-order valence-corrected chi connectivity index (χ3v) is 5.08. The number of nitrogens with zero attached hydrogens (tertiary/aromatic N) is 3. The van der Waals surface area contributed by atoms with E-state index in [2.05, 4.69) is 31.2 Å². The number of benzene rings is 1. The lowest BCUT2D eigenvalue weighted by molar-refractivity contribution is 0.0755. The number of anilines is 2. The standard InChI is InChI=1S/C18H21BrN4O/c1-13-10-14(6-7-15(13)19)22-17-12-20-16(11-21-17)18(24)23-8-4-2-3-5-9-23/h6-7,10-12H,2-5,8-9H2,1H3,(H,21,22). The fourth-order valence-electron chi connectivity index (χ4n) is 2.81. The smallest absolute Gasteiger partial charge is 0.274 e. The average molecular weight is 389 g/mol. The molecule has 3 rings (SSSR count). The zero-order valence-electron chi connectivity index (χ0n) is 13.8. The Morgan fingerprint density at radius 1 is 1.12 bits per heavy atom. The summed E-state index contributed by atoms with van der Waals surface area (Å²) in [6, 6.07) is 5.99. The second-order valence-electron chi connectivity index (χ2n) is 6.08. The molecule has 2 aromatic rings. The van der Waals surface area contributed by atoms with Crippen molar-refractivity contribution in [2.75, 3.05) is 18.4 Å². The van der Waals surface area contributed by atoms with E-state index in [0.717, 1.165) is 41.7 Å². The quantitative estimate of drug-likeness (QED) is 0.850. The summed E-state index contributed by atoms with van der Waals surface area (Å²) in [5.74, 6) is 0.611. The SMILES string of the molecule is Cc1cc(Nc2cnc(C(=O)N3CCCCCC3)cn2)ccc1Br. The molecular formula is C18H21BrN4O. The highest BCUT2D eigenvalue weighted by molar-refractivity contribution is 9.10. The molecule has 0 saturated carbocycles. The third-order valence-electron chi connectivity index (χ3n) is 4.19. The van der Waals surface area contributed by atoms with Crippen LogP contribution in [0.25, 0.3) is 0 Å². The van der Waals surface area contributed by atoms with Crippen LogP contribution in [0.3, 0.4) is 0 Å². The van der Waals surface area contributed by atoms with E-state index in [-0.39, 0.29) is 5.91 Å². The topological polar surface area (TPSA) is 58.1 Å². The number of amides is 1. The first-order valence-electron chi connectivity index (χ1n) is 8.28. The van der Waals surface area contributed by atoms with Crippen molar-refractivity contribution in [1.82, 2.24) is 14.9 Å². The molecule has 1 aliphatic heterocycles. The molecule has 1 N–H and O–H groups in total. The van der Waals surface area contributed by atoms with Gasteiger partial charge in [-0.3, -0.25) is 4.79 Å². The Balaban J connectivity index is 1.68. The number of aromatic nitrogens is 2. The number of hydrogen-bond donors (Lipinski definition) is 1. The van der Waals surface area contributed by atoms with Gasteiger partial charge in [-0.1, -0.05) is 28.8 Å². The van der Waals surface area contributed by atoms with Crippen molar-refractivity contribution in [2.24, 2.45) is 0 Å². The van der Waals surface area contributed by atoms with Crippen LogP contribution in [0.5, 0.6) is 0 Å². The van der Waals surface area contributed by atoms with E-state index < -0.39 is 0 Å². The fourth-order valence-corrected chi connectivity index (χ4v) is 3.06. The molecule has 5 nitrogen and oxygen atoms in total. The molecule has 1 amide bonds. The van der Waals surface area contributed by atoms with Crippen LogP contribution < -0.4 is 5.32 Å². The summed E-state index contributed by atoms with van der Waals surface area (Å²) in [5, 5.41) is 3.21. The highest BCUT2D eigenvalue weighted by atomic mass is 79.9. The molecule has 1 aliphatic rings. The van der Waals surface area contributed by atoms with Gasteiger partial charge in [-0.05, 0) is 43.5 Å². The van der Waals surface area contributed by atoms with Crippen LogP contribution in [0.1, 0.15) is 41.7 Å². The Morgan fingerprint density at radius 2 is 1.88 bits per heavy atom. The zero-order valence-corrected chi connectivity index (χ0v) is 15.3. The van der Waals surface area contributed by atoms with Crippen molar-refractivity contribution in [3.8, 4) is 0 Å². The lowest BCUT2D eigenvalue weighted by Gasteiger charge is -2.19. The Hall–Kier alpha value is -1.95. The molecule has 1 aromatic heterocycles. The summed E-state index contributed by atoms with van der Waals surface area (Å²) < 4.78 is 1.07. The fraction of sp³-hybridized carbons (Fsp3) is 0.389. The maximum absolute atomic E-state index is 12.5. The zero-order chi connectivity index (χ0) is 16.9. The van der Waals surface area contributed by atoms with Gasteiger partial charge in [-0.25, -0.2) is 9.97 Å². The monoisotopic (exact) mass is 388 g/mol. The summed E-state index contributed by atoms with van der Waals surface area (Å²) in [7, 11) is 0. The summed E-state index contributed by atoms with van der Waals surface area (Å²) in [5.41, 5.74) is 2.49. The Morgan fingerprint density at radius 3 is 2.50 bits per heavy atom. The molecule has 0 aliphatic carbocycles. The van der Waals surface area contributed by atoms with E-state index in [9.17, 15) is 4.79 Å². The number of hydrogen-bond acceptors (Lipinski definition) is 4. The molecule has 1 fully saturated rings. The van der Waals surface area contributed by atoms with Crippen molar-refractivity contribution in [3.05, 3.63) is 46.3 Å². The van der Waals surface area contributed by atoms with E-state index in [1.165, 1.54) is 12.8 Å². The lowest BCUT2D eigenvalue weighted by Crippen LogP contribution is -2.32. The van der Waals surface area contributed by atoms with Gasteiger partial charge >= 0.3 is 0 Å². The third kappa shape index (κ3) is 4.12. The van der Waals surface area contributed by atoms with Gasteiger partial charge in [-0.2, -0.15) is 0 Å². The molecular weight excluding hydrogens is 368 g/mol. The van der Waals surface area contributed by atoms with Crippen molar-refractivity contribution in [1.29, 1.82) is 0 Å². The highest BCUT2D eigenvalue weighted by Gasteiger charge is 2.18. The van der Waals surface area contributed by atoms with Crippen LogP contribution in [0.4, 0.5) is 11.5 Å². The van der Waals surface area contributed by atoms with E-state index in [4.69, 9.17) is 0 Å². The summed E-state index contributed by atoms with van der Waals surface area (Å²) in [6.07, 6.45) is 7.71. The minimum Gasteiger partial charge on any atom is -0.339 e. The predicted molar refractivity (Wildman–Crippen MR) is 98.6 cm³/mol. The largest absolute Gasteiger partial charge is 0.339 e. The minimum absolute atomic E-state index is 0.0181. The van der Waals surface area contributed by atoms with Crippen LogP contribution in [0, 0.1) is 6.92 Å². The molecule has 24 heavy (non-hydrogen) atoms. The van der Waals surface area contributed by atoms with Crippen LogP contribution in [0.2, 0.25) is 0 Å².